The summed E-state index contributed by atoms with van der Waals surface area (Å²) in [4.78, 5) is 25.0. The molecule has 0 aromatic heterocycles. The first-order valence-electron chi connectivity index (χ1n) is 13.3. The van der Waals surface area contributed by atoms with E-state index < -0.39 is 79.2 Å². The van der Waals surface area contributed by atoms with Crippen molar-refractivity contribution in [3.05, 3.63) is 23.5 Å². The lowest BCUT2D eigenvalue weighted by Gasteiger charge is -2.40. The maximum atomic E-state index is 12.8. The van der Waals surface area contributed by atoms with Crippen LogP contribution in [0.4, 0.5) is 0 Å². The molecule has 4 fully saturated rings. The summed E-state index contributed by atoms with van der Waals surface area (Å²) in [6.45, 7) is 7.06. The summed E-state index contributed by atoms with van der Waals surface area (Å²) in [5.41, 5.74) is 1.52. The number of aliphatic hydroxyl groups is 4. The van der Waals surface area contributed by atoms with E-state index >= 15 is 0 Å². The Morgan fingerprint density at radius 2 is 1.95 bits per heavy atom. The molecule has 0 amide bonds. The second-order valence-corrected chi connectivity index (χ2v) is 11.1. The van der Waals surface area contributed by atoms with Crippen molar-refractivity contribution >= 4 is 11.9 Å². The second-order valence-electron chi connectivity index (χ2n) is 11.1. The number of fused-ring (bicyclic) bond motifs is 3. The first kappa shape index (κ1) is 27.5. The quantitative estimate of drug-likeness (QED) is 0.138. The van der Waals surface area contributed by atoms with E-state index in [1.54, 1.807) is 6.92 Å². The number of carbonyl (C=O) groups is 2. The Bertz CT molecular complexity index is 976. The summed E-state index contributed by atoms with van der Waals surface area (Å²) in [6, 6.07) is 0. The Hall–Kier alpha value is -2.06. The molecule has 212 valence electrons. The minimum Gasteiger partial charge on any atom is -0.481 e. The van der Waals surface area contributed by atoms with Gasteiger partial charge in [0.1, 0.15) is 30.5 Å². The molecule has 5 rings (SSSR count). The number of carboxylic acid groups (broad SMARTS) is 1. The van der Waals surface area contributed by atoms with Crippen LogP contribution >= 0.6 is 0 Å². The molecular weight excluding hydrogens is 502 g/mol. The van der Waals surface area contributed by atoms with Gasteiger partial charge in [-0.1, -0.05) is 12.2 Å². The zero-order valence-electron chi connectivity index (χ0n) is 21.3. The van der Waals surface area contributed by atoms with Crippen LogP contribution in [0.15, 0.2) is 23.5 Å². The number of carboxylic acids is 1. The molecule has 38 heavy (non-hydrogen) atoms. The van der Waals surface area contributed by atoms with Gasteiger partial charge in [0.05, 0.1) is 24.6 Å². The third kappa shape index (κ3) is 4.76. The van der Waals surface area contributed by atoms with Crippen molar-refractivity contribution in [2.24, 2.45) is 23.7 Å². The van der Waals surface area contributed by atoms with E-state index in [1.807, 2.05) is 0 Å². The standard InChI is InChI=1S/C26H37NO11/c1-10-6-15(35-12-4-3-5-27-8-12)18-19(24(32)33)25(34)38-23(18)17-11(2)14(7-13(10)17)36-26-22(31)21(30)20(29)16(9-28)37-26/h12-13,15-23,26-31H,1,3-9H2,2H3,(H,32,33). The molecule has 12 nitrogen and oxygen atoms in total. The smallest absolute Gasteiger partial charge is 0.321 e. The number of ether oxygens (including phenoxy) is 4. The number of carbonyl (C=O) groups excluding carboxylic acids is 1. The summed E-state index contributed by atoms with van der Waals surface area (Å²) in [5, 5.41) is 53.5. The zero-order chi connectivity index (χ0) is 27.3. The van der Waals surface area contributed by atoms with Crippen molar-refractivity contribution in [2.75, 3.05) is 19.7 Å². The molecule has 5 aliphatic rings. The number of esters is 1. The number of rotatable bonds is 6. The summed E-state index contributed by atoms with van der Waals surface area (Å²) in [6.07, 6.45) is -6.11. The van der Waals surface area contributed by atoms with Crippen LogP contribution in [0.5, 0.6) is 0 Å². The maximum absolute atomic E-state index is 12.8. The Morgan fingerprint density at radius 3 is 2.61 bits per heavy atom. The van der Waals surface area contributed by atoms with Crippen molar-refractivity contribution in [3.8, 4) is 0 Å². The van der Waals surface area contributed by atoms with Crippen LogP contribution in [0.25, 0.3) is 0 Å². The molecule has 3 aliphatic heterocycles. The molecule has 12 heteroatoms. The van der Waals surface area contributed by atoms with Gasteiger partial charge in [-0.25, -0.2) is 0 Å². The largest absolute Gasteiger partial charge is 0.481 e. The van der Waals surface area contributed by atoms with E-state index in [4.69, 9.17) is 18.9 Å². The SMILES string of the molecule is C=C1CC(OC2CCCNC2)C2C(C(=O)O)C(=O)OC2C2C(C)=C(OC3OC(CO)C(O)C(O)C3O)CC12. The minimum absolute atomic E-state index is 0.105. The molecule has 0 radical (unpaired) electrons. The van der Waals surface area contributed by atoms with E-state index in [0.29, 0.717) is 30.7 Å². The Balaban J connectivity index is 1.43. The van der Waals surface area contributed by atoms with Crippen LogP contribution in [0.2, 0.25) is 0 Å². The average Bonchev–Trinajstić information content (AvgIpc) is 3.37. The monoisotopic (exact) mass is 539 g/mol. The molecule has 12 unspecified atom stereocenters. The molecule has 3 heterocycles. The highest BCUT2D eigenvalue weighted by atomic mass is 16.7. The normalized spacial score (nSPS) is 45.3. The van der Waals surface area contributed by atoms with Crippen molar-refractivity contribution in [1.29, 1.82) is 0 Å². The van der Waals surface area contributed by atoms with Crippen LogP contribution in [-0.2, 0) is 28.5 Å². The van der Waals surface area contributed by atoms with Gasteiger partial charge in [0.2, 0.25) is 6.29 Å². The third-order valence-electron chi connectivity index (χ3n) is 8.81. The molecule has 0 spiro atoms. The number of piperidine rings is 1. The molecule has 0 aromatic carbocycles. The topological polar surface area (TPSA) is 184 Å². The first-order chi connectivity index (χ1) is 18.1. The van der Waals surface area contributed by atoms with Crippen LogP contribution in [0.1, 0.15) is 32.6 Å². The predicted molar refractivity (Wildman–Crippen MR) is 128 cm³/mol. The highest BCUT2D eigenvalue weighted by Gasteiger charge is 2.60. The first-order valence-corrected chi connectivity index (χ1v) is 13.3. The lowest BCUT2D eigenvalue weighted by atomic mass is 9.78. The molecule has 1 saturated carbocycles. The van der Waals surface area contributed by atoms with Gasteiger partial charge in [-0.15, -0.1) is 0 Å². The predicted octanol–water partition coefficient (Wildman–Crippen LogP) is -0.947. The lowest BCUT2D eigenvalue weighted by Crippen LogP contribution is -2.59. The lowest BCUT2D eigenvalue weighted by molar-refractivity contribution is -0.292. The van der Waals surface area contributed by atoms with Crippen LogP contribution < -0.4 is 5.32 Å². The average molecular weight is 540 g/mol. The Labute approximate surface area is 220 Å². The van der Waals surface area contributed by atoms with Gasteiger partial charge >= 0.3 is 11.9 Å². The number of hydrogen-bond acceptors (Lipinski definition) is 11. The van der Waals surface area contributed by atoms with Crippen molar-refractivity contribution in [2.45, 2.75) is 81.6 Å². The fourth-order valence-electron chi connectivity index (χ4n) is 6.80. The van der Waals surface area contributed by atoms with Gasteiger partial charge < -0.3 is 49.8 Å². The van der Waals surface area contributed by atoms with Crippen molar-refractivity contribution in [3.63, 3.8) is 0 Å². The van der Waals surface area contributed by atoms with E-state index in [0.717, 1.165) is 25.0 Å². The van der Waals surface area contributed by atoms with Crippen LogP contribution in [-0.4, -0.2) is 106 Å². The Morgan fingerprint density at radius 1 is 1.18 bits per heavy atom. The molecule has 3 saturated heterocycles. The zero-order valence-corrected chi connectivity index (χ0v) is 21.3. The second kappa shape index (κ2) is 10.8. The van der Waals surface area contributed by atoms with E-state index in [2.05, 4.69) is 11.9 Å². The van der Waals surface area contributed by atoms with E-state index in [-0.39, 0.29) is 12.0 Å². The summed E-state index contributed by atoms with van der Waals surface area (Å²) >= 11 is 0. The molecule has 0 bridgehead atoms. The van der Waals surface area contributed by atoms with Gasteiger partial charge in [-0.05, 0) is 44.2 Å². The fraction of sp³-hybridized carbons (Fsp3) is 0.769. The molecule has 6 N–H and O–H groups in total. The van der Waals surface area contributed by atoms with Gasteiger partial charge in [-0.3, -0.25) is 9.59 Å². The Kier molecular flexibility index (Phi) is 7.84. The maximum Gasteiger partial charge on any atom is 0.321 e. The van der Waals surface area contributed by atoms with E-state index in [9.17, 15) is 35.1 Å². The molecule has 2 aliphatic carbocycles. The highest BCUT2D eigenvalue weighted by Crippen LogP contribution is 2.54. The van der Waals surface area contributed by atoms with Crippen LogP contribution in [0.3, 0.4) is 0 Å². The number of aliphatic carboxylic acids is 1. The minimum atomic E-state index is -1.59. The number of hydrogen-bond donors (Lipinski definition) is 6. The third-order valence-corrected chi connectivity index (χ3v) is 8.81. The van der Waals surface area contributed by atoms with Crippen molar-refractivity contribution in [1.82, 2.24) is 5.32 Å². The number of allylic oxidation sites excluding steroid dienone is 1. The van der Waals surface area contributed by atoms with Gasteiger partial charge in [0, 0.05) is 24.8 Å². The highest BCUT2D eigenvalue weighted by molar-refractivity contribution is 5.96. The fourth-order valence-corrected chi connectivity index (χ4v) is 6.80. The van der Waals surface area contributed by atoms with Gasteiger partial charge in [0.15, 0.2) is 5.92 Å². The summed E-state index contributed by atoms with van der Waals surface area (Å²) in [5.74, 6) is -4.34. The summed E-state index contributed by atoms with van der Waals surface area (Å²) < 4.78 is 23.7. The van der Waals surface area contributed by atoms with E-state index in [1.165, 1.54) is 0 Å². The van der Waals surface area contributed by atoms with Gasteiger partial charge in [-0.2, -0.15) is 0 Å². The molecule has 12 atom stereocenters. The number of nitrogens with one attached hydrogen (secondary N) is 1. The number of aliphatic hydroxyl groups excluding tert-OH is 4. The van der Waals surface area contributed by atoms with Crippen molar-refractivity contribution < 1.29 is 54.1 Å². The summed E-state index contributed by atoms with van der Waals surface area (Å²) in [7, 11) is 0. The molecule has 0 aromatic rings. The molecular formula is C26H37NO11. The van der Waals surface area contributed by atoms with Crippen LogP contribution in [0, 0.1) is 23.7 Å². The van der Waals surface area contributed by atoms with Gasteiger partial charge in [0.25, 0.3) is 0 Å².